The number of ether oxygens (including phenoxy) is 1. The van der Waals surface area contributed by atoms with E-state index in [4.69, 9.17) is 27.9 Å². The van der Waals surface area contributed by atoms with Crippen LogP contribution in [0.25, 0.3) is 17.2 Å². The summed E-state index contributed by atoms with van der Waals surface area (Å²) in [4.78, 5) is 22.9. The zero-order chi connectivity index (χ0) is 23.4. The van der Waals surface area contributed by atoms with Crippen molar-refractivity contribution in [1.29, 1.82) is 0 Å². The molecule has 1 amide bonds. The van der Waals surface area contributed by atoms with Crippen LogP contribution in [0.4, 0.5) is 10.5 Å². The molecule has 3 aromatic rings. The largest absolute Gasteiger partial charge is 0.449 e. The lowest BCUT2D eigenvalue weighted by atomic mass is 9.98. The lowest BCUT2D eigenvalue weighted by molar-refractivity contribution is -0.385. The van der Waals surface area contributed by atoms with Gasteiger partial charge in [0.05, 0.1) is 20.5 Å². The van der Waals surface area contributed by atoms with Gasteiger partial charge in [-0.3, -0.25) is 10.1 Å². The summed E-state index contributed by atoms with van der Waals surface area (Å²) in [6.45, 7) is 0.563. The predicted octanol–water partition coefficient (Wildman–Crippen LogP) is 6.84. The Morgan fingerprint density at radius 1 is 1.03 bits per heavy atom. The first-order chi connectivity index (χ1) is 16.0. The Morgan fingerprint density at radius 3 is 2.27 bits per heavy atom. The average Bonchev–Trinajstić information content (AvgIpc) is 3.13. The zero-order valence-electron chi connectivity index (χ0n) is 17.5. The molecule has 4 rings (SSSR count). The molecule has 0 bridgehead atoms. The van der Waals surface area contributed by atoms with E-state index in [2.05, 4.69) is 29.6 Å². The van der Waals surface area contributed by atoms with Gasteiger partial charge in [0.15, 0.2) is 0 Å². The SMILES string of the molecule is O=C(NCCC=Cc1cc(Cl)c(Cl)cc1[N+](=O)[O-])OCC1c2ccccc2-c2ccccc21. The number of rotatable bonds is 7. The monoisotopic (exact) mass is 482 g/mol. The van der Waals surface area contributed by atoms with E-state index in [1.54, 1.807) is 12.2 Å². The normalized spacial score (nSPS) is 12.4. The molecule has 1 N–H and O–H groups in total. The number of nitrogens with one attached hydrogen (secondary N) is 1. The molecule has 0 saturated heterocycles. The molecule has 0 atom stereocenters. The lowest BCUT2D eigenvalue weighted by Crippen LogP contribution is -2.26. The molecule has 0 saturated carbocycles. The Kier molecular flexibility index (Phi) is 6.96. The van der Waals surface area contributed by atoms with Gasteiger partial charge in [-0.2, -0.15) is 0 Å². The van der Waals surface area contributed by atoms with E-state index in [0.29, 0.717) is 18.5 Å². The molecule has 1 aliphatic rings. The highest BCUT2D eigenvalue weighted by molar-refractivity contribution is 6.42. The first-order valence-electron chi connectivity index (χ1n) is 10.3. The number of amides is 1. The molecule has 0 fully saturated rings. The Bertz CT molecular complexity index is 1200. The number of nitro groups is 1. The fourth-order valence-corrected chi connectivity index (χ4v) is 4.29. The van der Waals surface area contributed by atoms with E-state index < -0.39 is 11.0 Å². The minimum Gasteiger partial charge on any atom is -0.449 e. The Hall–Kier alpha value is -3.35. The van der Waals surface area contributed by atoms with Crippen LogP contribution in [-0.2, 0) is 4.74 Å². The Balaban J connectivity index is 1.30. The van der Waals surface area contributed by atoms with Gasteiger partial charge >= 0.3 is 6.09 Å². The third kappa shape index (κ3) is 5.02. The van der Waals surface area contributed by atoms with Gasteiger partial charge in [-0.1, -0.05) is 83.9 Å². The molecular formula is C25H20Cl2N2O4. The van der Waals surface area contributed by atoms with Crippen LogP contribution in [0.2, 0.25) is 10.0 Å². The van der Waals surface area contributed by atoms with Crippen LogP contribution >= 0.6 is 23.2 Å². The predicted molar refractivity (Wildman–Crippen MR) is 130 cm³/mol. The van der Waals surface area contributed by atoms with Gasteiger partial charge < -0.3 is 10.1 Å². The molecule has 0 radical (unpaired) electrons. The van der Waals surface area contributed by atoms with Crippen molar-refractivity contribution in [3.05, 3.63) is 104 Å². The van der Waals surface area contributed by atoms with Crippen LogP contribution in [-0.4, -0.2) is 24.2 Å². The second kappa shape index (κ2) is 10.1. The minimum atomic E-state index is -0.517. The van der Waals surface area contributed by atoms with E-state index in [-0.39, 0.29) is 28.3 Å². The number of benzene rings is 3. The number of hydrogen-bond donors (Lipinski definition) is 1. The summed E-state index contributed by atoms with van der Waals surface area (Å²) in [5, 5.41) is 14.3. The molecule has 0 aromatic heterocycles. The molecule has 3 aromatic carbocycles. The van der Waals surface area contributed by atoms with E-state index in [1.165, 1.54) is 23.3 Å². The van der Waals surface area contributed by atoms with Gasteiger partial charge in [-0.25, -0.2) is 4.79 Å². The number of carbonyl (C=O) groups is 1. The van der Waals surface area contributed by atoms with Crippen LogP contribution in [0.3, 0.4) is 0 Å². The highest BCUT2D eigenvalue weighted by atomic mass is 35.5. The number of nitrogens with zero attached hydrogens (tertiary/aromatic N) is 1. The second-order valence-electron chi connectivity index (χ2n) is 7.53. The maximum atomic E-state index is 12.2. The molecule has 6 nitrogen and oxygen atoms in total. The first kappa shape index (κ1) is 22.8. The van der Waals surface area contributed by atoms with Gasteiger partial charge in [0, 0.05) is 18.5 Å². The number of nitro benzene ring substituents is 1. The molecule has 1 aliphatic carbocycles. The highest BCUT2D eigenvalue weighted by Crippen LogP contribution is 2.44. The van der Waals surface area contributed by atoms with Crippen molar-refractivity contribution in [3.8, 4) is 11.1 Å². The summed E-state index contributed by atoms with van der Waals surface area (Å²) < 4.78 is 5.49. The molecule has 8 heteroatoms. The van der Waals surface area contributed by atoms with Crippen LogP contribution in [0.1, 0.15) is 29.0 Å². The first-order valence-corrected chi connectivity index (χ1v) is 11.1. The van der Waals surface area contributed by atoms with E-state index in [0.717, 1.165) is 11.1 Å². The number of carbonyl (C=O) groups excluding carboxylic acids is 1. The molecule has 168 valence electrons. The molecule has 0 spiro atoms. The maximum absolute atomic E-state index is 12.2. The molecule has 0 unspecified atom stereocenters. The van der Waals surface area contributed by atoms with Crippen LogP contribution in [0, 0.1) is 10.1 Å². The third-order valence-corrected chi connectivity index (χ3v) is 6.21. The summed E-state index contributed by atoms with van der Waals surface area (Å²) >= 11 is 11.8. The second-order valence-corrected chi connectivity index (χ2v) is 8.34. The van der Waals surface area contributed by atoms with Crippen molar-refractivity contribution >= 4 is 41.1 Å². The summed E-state index contributed by atoms with van der Waals surface area (Å²) in [5.41, 5.74) is 4.85. The highest BCUT2D eigenvalue weighted by Gasteiger charge is 2.28. The van der Waals surface area contributed by atoms with Crippen LogP contribution in [0.15, 0.2) is 66.7 Å². The average molecular weight is 483 g/mol. The number of halogens is 2. The van der Waals surface area contributed by atoms with E-state index >= 15 is 0 Å². The van der Waals surface area contributed by atoms with E-state index in [1.807, 2.05) is 24.3 Å². The van der Waals surface area contributed by atoms with Crippen molar-refractivity contribution in [1.82, 2.24) is 5.32 Å². The van der Waals surface area contributed by atoms with Gasteiger partial charge in [0.1, 0.15) is 6.61 Å². The molecule has 0 heterocycles. The standard InChI is InChI=1S/C25H20Cl2N2O4/c26-22-13-16(24(29(31)32)14-23(22)27)7-5-6-12-28-25(30)33-15-21-19-10-3-1-8-17(19)18-9-2-4-11-20(18)21/h1-5,7-11,13-14,21H,6,12,15H2,(H,28,30). The fraction of sp³-hybridized carbons (Fsp3) is 0.160. The quantitative estimate of drug-likeness (QED) is 0.227. The fourth-order valence-electron chi connectivity index (χ4n) is 3.96. The van der Waals surface area contributed by atoms with Crippen molar-refractivity contribution in [3.63, 3.8) is 0 Å². The topological polar surface area (TPSA) is 81.5 Å². The van der Waals surface area contributed by atoms with Crippen LogP contribution < -0.4 is 5.32 Å². The molecule has 0 aliphatic heterocycles. The smallest absolute Gasteiger partial charge is 0.407 e. The minimum absolute atomic E-state index is 0.00162. The molecular weight excluding hydrogens is 463 g/mol. The van der Waals surface area contributed by atoms with Crippen molar-refractivity contribution in [2.45, 2.75) is 12.3 Å². The summed E-state index contributed by atoms with van der Waals surface area (Å²) in [7, 11) is 0. The van der Waals surface area contributed by atoms with Crippen molar-refractivity contribution < 1.29 is 14.5 Å². The lowest BCUT2D eigenvalue weighted by Gasteiger charge is -2.14. The summed E-state index contributed by atoms with van der Waals surface area (Å²) in [5.74, 6) is -0.00162. The third-order valence-electron chi connectivity index (χ3n) is 5.49. The summed E-state index contributed by atoms with van der Waals surface area (Å²) in [6.07, 6.45) is 3.25. The molecule has 33 heavy (non-hydrogen) atoms. The Labute approximate surface area is 200 Å². The number of fused-ring (bicyclic) bond motifs is 3. The zero-order valence-corrected chi connectivity index (χ0v) is 19.0. The van der Waals surface area contributed by atoms with Crippen molar-refractivity contribution in [2.75, 3.05) is 13.2 Å². The van der Waals surface area contributed by atoms with E-state index in [9.17, 15) is 14.9 Å². The number of hydrogen-bond acceptors (Lipinski definition) is 4. The Morgan fingerprint density at radius 2 is 1.64 bits per heavy atom. The van der Waals surface area contributed by atoms with Gasteiger partial charge in [0.25, 0.3) is 5.69 Å². The maximum Gasteiger partial charge on any atom is 0.407 e. The van der Waals surface area contributed by atoms with Gasteiger partial charge in [0.2, 0.25) is 0 Å². The number of alkyl carbamates (subject to hydrolysis) is 1. The van der Waals surface area contributed by atoms with Gasteiger partial charge in [-0.05, 0) is 34.7 Å². The van der Waals surface area contributed by atoms with Gasteiger partial charge in [-0.15, -0.1) is 0 Å². The van der Waals surface area contributed by atoms with Crippen molar-refractivity contribution in [2.24, 2.45) is 0 Å². The summed E-state index contributed by atoms with van der Waals surface area (Å²) in [6, 6.07) is 18.9. The van der Waals surface area contributed by atoms with Crippen LogP contribution in [0.5, 0.6) is 0 Å².